The monoisotopic (exact) mass is 394 g/mol. The first-order valence-corrected chi connectivity index (χ1v) is 10.1. The first kappa shape index (κ1) is 20.0. The van der Waals surface area contributed by atoms with Crippen LogP contribution in [0.1, 0.15) is 12.8 Å². The van der Waals surface area contributed by atoms with Gasteiger partial charge in [0.15, 0.2) is 0 Å². The van der Waals surface area contributed by atoms with Gasteiger partial charge in [-0.3, -0.25) is 4.98 Å². The number of rotatable bonds is 10. The second kappa shape index (κ2) is 10.6. The van der Waals surface area contributed by atoms with E-state index in [0.717, 1.165) is 46.1 Å². The Morgan fingerprint density at radius 3 is 2.21 bits per heavy atom. The predicted molar refractivity (Wildman–Crippen MR) is 111 cm³/mol. The average molecular weight is 394 g/mol. The van der Waals surface area contributed by atoms with Gasteiger partial charge in [-0.15, -0.1) is 11.8 Å². The fourth-order valence-electron chi connectivity index (χ4n) is 2.69. The third-order valence-electron chi connectivity index (χ3n) is 4.00. The van der Waals surface area contributed by atoms with Crippen LogP contribution in [0.25, 0.3) is 22.5 Å². The van der Waals surface area contributed by atoms with E-state index in [1.54, 1.807) is 11.8 Å². The second-order valence-electron chi connectivity index (χ2n) is 6.14. The number of thioether (sulfide) groups is 1. The number of aliphatic carboxylic acids is 1. The van der Waals surface area contributed by atoms with Crippen LogP contribution in [0.15, 0.2) is 71.9 Å². The fraction of sp³-hybridized carbons (Fsp3) is 0.227. The van der Waals surface area contributed by atoms with Gasteiger partial charge in [-0.05, 0) is 18.6 Å². The molecule has 0 aliphatic carbocycles. The van der Waals surface area contributed by atoms with Gasteiger partial charge >= 0.3 is 5.97 Å². The highest BCUT2D eigenvalue weighted by molar-refractivity contribution is 7.99. The van der Waals surface area contributed by atoms with Crippen molar-refractivity contribution in [2.75, 3.05) is 19.0 Å². The molecule has 0 aliphatic rings. The van der Waals surface area contributed by atoms with Crippen molar-refractivity contribution in [2.24, 2.45) is 0 Å². The van der Waals surface area contributed by atoms with Crippen LogP contribution in [0.3, 0.4) is 0 Å². The third-order valence-corrected chi connectivity index (χ3v) is 4.99. The summed E-state index contributed by atoms with van der Waals surface area (Å²) < 4.78 is 5.05. The maximum atomic E-state index is 10.4. The smallest absolute Gasteiger partial charge is 0.329 e. The molecule has 5 nitrogen and oxygen atoms in total. The number of hydrogen-bond acceptors (Lipinski definition) is 5. The summed E-state index contributed by atoms with van der Waals surface area (Å²) in [5.41, 5.74) is 3.83. The van der Waals surface area contributed by atoms with Crippen LogP contribution in [0, 0.1) is 0 Å². The van der Waals surface area contributed by atoms with Crippen molar-refractivity contribution in [1.29, 1.82) is 0 Å². The molecule has 0 amide bonds. The third kappa shape index (κ3) is 5.90. The summed E-state index contributed by atoms with van der Waals surface area (Å²) in [4.78, 5) is 20.0. The van der Waals surface area contributed by atoms with Crippen molar-refractivity contribution in [3.8, 4) is 22.5 Å². The lowest BCUT2D eigenvalue weighted by atomic mass is 10.0. The lowest BCUT2D eigenvalue weighted by Crippen LogP contribution is -2.07. The lowest BCUT2D eigenvalue weighted by Gasteiger charge is -2.10. The van der Waals surface area contributed by atoms with Crippen LogP contribution >= 0.6 is 11.8 Å². The number of carboxylic acids is 1. The minimum atomic E-state index is -0.934. The number of nitrogens with zero attached hydrogens (tertiary/aromatic N) is 2. The van der Waals surface area contributed by atoms with Gasteiger partial charge in [-0.25, -0.2) is 9.78 Å². The Hall–Kier alpha value is -2.70. The van der Waals surface area contributed by atoms with E-state index in [0.29, 0.717) is 6.61 Å². The molecule has 0 spiro atoms. The van der Waals surface area contributed by atoms with E-state index in [1.807, 2.05) is 66.9 Å². The Balaban J connectivity index is 1.68. The molecule has 0 unspecified atom stereocenters. The van der Waals surface area contributed by atoms with E-state index >= 15 is 0 Å². The largest absolute Gasteiger partial charge is 0.480 e. The van der Waals surface area contributed by atoms with Gasteiger partial charge in [0.2, 0.25) is 0 Å². The molecule has 0 fully saturated rings. The van der Waals surface area contributed by atoms with Crippen molar-refractivity contribution in [1.82, 2.24) is 9.97 Å². The van der Waals surface area contributed by atoms with Gasteiger partial charge in [0.05, 0.1) is 17.6 Å². The molecule has 3 rings (SSSR count). The number of carbonyl (C=O) groups is 1. The molecular formula is C22H22N2O3S. The minimum Gasteiger partial charge on any atom is -0.480 e. The Morgan fingerprint density at radius 1 is 0.929 bits per heavy atom. The molecule has 0 aliphatic heterocycles. The maximum absolute atomic E-state index is 10.4. The normalized spacial score (nSPS) is 10.7. The summed E-state index contributed by atoms with van der Waals surface area (Å²) in [6, 6.07) is 20.2. The van der Waals surface area contributed by atoms with Gasteiger partial charge in [0.25, 0.3) is 0 Å². The number of hydrogen-bond donors (Lipinski definition) is 1. The van der Waals surface area contributed by atoms with Crippen LogP contribution in [0.5, 0.6) is 0 Å². The summed E-state index contributed by atoms with van der Waals surface area (Å²) in [6.45, 7) is 0.223. The molecular weight excluding hydrogens is 372 g/mol. The van der Waals surface area contributed by atoms with E-state index in [1.165, 1.54) is 0 Å². The highest BCUT2D eigenvalue weighted by atomic mass is 32.2. The summed E-state index contributed by atoms with van der Waals surface area (Å²) >= 11 is 1.65. The number of ether oxygens (including phenoxy) is 1. The average Bonchev–Trinajstić information content (AvgIpc) is 2.74. The Labute approximate surface area is 168 Å². The molecule has 0 saturated carbocycles. The van der Waals surface area contributed by atoms with Crippen molar-refractivity contribution in [3.05, 3.63) is 66.9 Å². The van der Waals surface area contributed by atoms with Crippen molar-refractivity contribution in [3.63, 3.8) is 0 Å². The first-order valence-electron chi connectivity index (χ1n) is 9.14. The van der Waals surface area contributed by atoms with Crippen LogP contribution < -0.4 is 0 Å². The van der Waals surface area contributed by atoms with E-state index < -0.39 is 5.97 Å². The van der Waals surface area contributed by atoms with Gasteiger partial charge in [0, 0.05) is 17.7 Å². The van der Waals surface area contributed by atoms with Crippen LogP contribution in [0.4, 0.5) is 0 Å². The van der Waals surface area contributed by atoms with Crippen molar-refractivity contribution < 1.29 is 14.6 Å². The van der Waals surface area contributed by atoms with Gasteiger partial charge in [-0.2, -0.15) is 0 Å². The maximum Gasteiger partial charge on any atom is 0.329 e. The zero-order valence-corrected chi connectivity index (χ0v) is 16.3. The van der Waals surface area contributed by atoms with Crippen LogP contribution in [-0.4, -0.2) is 40.0 Å². The summed E-state index contributed by atoms with van der Waals surface area (Å²) in [5.74, 6) is -0.0547. The summed E-state index contributed by atoms with van der Waals surface area (Å²) in [5, 5.41) is 9.42. The molecule has 1 aromatic heterocycles. The van der Waals surface area contributed by atoms with E-state index in [-0.39, 0.29) is 6.61 Å². The Morgan fingerprint density at radius 2 is 1.57 bits per heavy atom. The minimum absolute atomic E-state index is 0.236. The van der Waals surface area contributed by atoms with E-state index in [4.69, 9.17) is 19.8 Å². The van der Waals surface area contributed by atoms with Crippen molar-refractivity contribution >= 4 is 17.7 Å². The second-order valence-corrected chi connectivity index (χ2v) is 7.25. The molecule has 0 atom stereocenters. The SMILES string of the molecule is O=C(O)COCCCCSc1cnc(-c2ccccc2)c(-c2ccccc2)n1. The highest BCUT2D eigenvalue weighted by Crippen LogP contribution is 2.30. The standard InChI is InChI=1S/C22H22N2O3S/c25-20(26)16-27-13-7-8-14-28-19-15-23-21(17-9-3-1-4-10-17)22(24-19)18-11-5-2-6-12-18/h1-6,9-12,15H,7-8,13-14,16H2,(H,25,26). The van der Waals surface area contributed by atoms with Gasteiger partial charge in [0.1, 0.15) is 11.6 Å². The molecule has 144 valence electrons. The molecule has 1 N–H and O–H groups in total. The van der Waals surface area contributed by atoms with E-state index in [9.17, 15) is 4.79 Å². The molecule has 1 heterocycles. The molecule has 28 heavy (non-hydrogen) atoms. The fourth-order valence-corrected chi connectivity index (χ4v) is 3.53. The van der Waals surface area contributed by atoms with Crippen LogP contribution in [-0.2, 0) is 9.53 Å². The van der Waals surface area contributed by atoms with Crippen LogP contribution in [0.2, 0.25) is 0 Å². The predicted octanol–water partition coefficient (Wildman–Crippen LogP) is 4.78. The summed E-state index contributed by atoms with van der Waals surface area (Å²) in [7, 11) is 0. The zero-order chi connectivity index (χ0) is 19.6. The Kier molecular flexibility index (Phi) is 7.58. The van der Waals surface area contributed by atoms with Gasteiger partial charge < -0.3 is 9.84 Å². The lowest BCUT2D eigenvalue weighted by molar-refractivity contribution is -0.142. The highest BCUT2D eigenvalue weighted by Gasteiger charge is 2.12. The Bertz CT molecular complexity index is 889. The van der Waals surface area contributed by atoms with E-state index in [2.05, 4.69) is 0 Å². The molecule has 6 heteroatoms. The summed E-state index contributed by atoms with van der Waals surface area (Å²) in [6.07, 6.45) is 3.56. The molecule has 3 aromatic rings. The number of aromatic nitrogens is 2. The molecule has 0 radical (unpaired) electrons. The zero-order valence-electron chi connectivity index (χ0n) is 15.5. The van der Waals surface area contributed by atoms with Gasteiger partial charge in [-0.1, -0.05) is 60.7 Å². The number of benzene rings is 2. The van der Waals surface area contributed by atoms with Crippen molar-refractivity contribution in [2.45, 2.75) is 17.9 Å². The molecule has 0 saturated heterocycles. The number of carboxylic acid groups (broad SMARTS) is 1. The number of unbranched alkanes of at least 4 members (excludes halogenated alkanes) is 1. The first-order chi connectivity index (χ1) is 13.7. The molecule has 0 bridgehead atoms. The molecule has 2 aromatic carbocycles. The topological polar surface area (TPSA) is 72.3 Å². The quantitative estimate of drug-likeness (QED) is 0.394.